The molecule has 1 aliphatic carbocycles. The molecule has 1 fully saturated rings. The van der Waals surface area contributed by atoms with Crippen molar-refractivity contribution in [2.24, 2.45) is 4.99 Å². The summed E-state index contributed by atoms with van der Waals surface area (Å²) in [5.74, 6) is 0.854. The molecule has 1 aliphatic rings. The Hall–Kier alpha value is -0.780. The van der Waals surface area contributed by atoms with Crippen LogP contribution in [0.3, 0.4) is 0 Å². The molecule has 3 N–H and O–H groups in total. The van der Waals surface area contributed by atoms with Gasteiger partial charge in [-0.05, 0) is 62.8 Å². The molecule has 0 aromatic heterocycles. The van der Waals surface area contributed by atoms with Gasteiger partial charge in [0.05, 0.1) is 6.10 Å². The first-order valence-corrected chi connectivity index (χ1v) is 9.42. The van der Waals surface area contributed by atoms with Gasteiger partial charge in [0.15, 0.2) is 5.96 Å². The number of aliphatic hydroxyl groups excluding tert-OH is 1. The van der Waals surface area contributed by atoms with Gasteiger partial charge in [-0.1, -0.05) is 27.5 Å². The van der Waals surface area contributed by atoms with Crippen LogP contribution in [0.2, 0.25) is 5.02 Å². The number of aliphatic imine (C=N–C) groups is 1. The average Bonchev–Trinajstić information content (AvgIpc) is 2.53. The van der Waals surface area contributed by atoms with Crippen molar-refractivity contribution in [3.63, 3.8) is 0 Å². The Kier molecular flexibility index (Phi) is 7.66. The summed E-state index contributed by atoms with van der Waals surface area (Å²) < 4.78 is 1.07. The van der Waals surface area contributed by atoms with Crippen molar-refractivity contribution in [2.45, 2.75) is 51.2 Å². The molecule has 1 aromatic rings. The zero-order valence-electron chi connectivity index (χ0n) is 13.5. The molecule has 128 valence electrons. The van der Waals surface area contributed by atoms with Gasteiger partial charge < -0.3 is 15.7 Å². The first kappa shape index (κ1) is 18.6. The second-order valence-corrected chi connectivity index (χ2v) is 7.19. The van der Waals surface area contributed by atoms with E-state index >= 15 is 0 Å². The molecule has 0 amide bonds. The highest BCUT2D eigenvalue weighted by Crippen LogP contribution is 2.21. The van der Waals surface area contributed by atoms with Crippen LogP contribution < -0.4 is 10.6 Å². The predicted molar refractivity (Wildman–Crippen MR) is 100 cm³/mol. The molecule has 0 bridgehead atoms. The Morgan fingerprint density at radius 3 is 2.78 bits per heavy atom. The third-order valence-electron chi connectivity index (χ3n) is 4.04. The quantitative estimate of drug-likeness (QED) is 0.522. The Bertz CT molecular complexity index is 531. The average molecular weight is 403 g/mol. The summed E-state index contributed by atoms with van der Waals surface area (Å²) in [6.07, 6.45) is 4.42. The lowest BCUT2D eigenvalue weighted by Crippen LogP contribution is -2.45. The van der Waals surface area contributed by atoms with Gasteiger partial charge in [0.25, 0.3) is 0 Å². The third-order valence-corrected chi connectivity index (χ3v) is 5.05. The van der Waals surface area contributed by atoms with E-state index in [9.17, 15) is 5.11 Å². The van der Waals surface area contributed by atoms with Crippen molar-refractivity contribution < 1.29 is 5.11 Å². The molecular formula is C17H25BrClN3O. The second kappa shape index (κ2) is 9.50. The number of halogens is 2. The van der Waals surface area contributed by atoms with Gasteiger partial charge in [-0.25, -0.2) is 0 Å². The van der Waals surface area contributed by atoms with Gasteiger partial charge in [-0.15, -0.1) is 0 Å². The lowest BCUT2D eigenvalue weighted by atomic mass is 9.93. The van der Waals surface area contributed by atoms with Gasteiger partial charge >= 0.3 is 0 Å². The lowest BCUT2D eigenvalue weighted by molar-refractivity contribution is 0.120. The zero-order chi connectivity index (χ0) is 16.7. The minimum Gasteiger partial charge on any atom is -0.393 e. The normalized spacial score (nSPS) is 22.0. The fourth-order valence-electron chi connectivity index (χ4n) is 2.76. The van der Waals surface area contributed by atoms with Crippen LogP contribution in [-0.4, -0.2) is 36.3 Å². The number of rotatable bonds is 5. The fourth-order valence-corrected chi connectivity index (χ4v) is 3.40. The predicted octanol–water partition coefficient (Wildman–Crippen LogP) is 3.50. The largest absolute Gasteiger partial charge is 0.393 e. The molecule has 0 radical (unpaired) electrons. The summed E-state index contributed by atoms with van der Waals surface area (Å²) >= 11 is 9.60. The standard InChI is InChI=1S/C17H25BrClN3O/c1-2-20-17(22-14-4-6-15(23)7-5-14)21-10-9-12-11-13(19)3-8-16(12)18/h3,8,11,14-15,23H,2,4-7,9-10H2,1H3,(H2,20,21,22). The van der Waals surface area contributed by atoms with Crippen molar-refractivity contribution in [2.75, 3.05) is 13.1 Å². The van der Waals surface area contributed by atoms with Crippen LogP contribution in [0.5, 0.6) is 0 Å². The van der Waals surface area contributed by atoms with Gasteiger partial charge in [0.2, 0.25) is 0 Å². The van der Waals surface area contributed by atoms with Crippen LogP contribution in [0.25, 0.3) is 0 Å². The SMILES string of the molecule is CCNC(=NCCc1cc(Cl)ccc1Br)NC1CCC(O)CC1. The molecule has 4 nitrogen and oxygen atoms in total. The Balaban J connectivity index is 1.89. The molecule has 1 aromatic carbocycles. The molecule has 23 heavy (non-hydrogen) atoms. The smallest absolute Gasteiger partial charge is 0.191 e. The molecule has 1 saturated carbocycles. The summed E-state index contributed by atoms with van der Waals surface area (Å²) in [7, 11) is 0. The summed E-state index contributed by atoms with van der Waals surface area (Å²) in [5.41, 5.74) is 1.16. The van der Waals surface area contributed by atoms with Crippen molar-refractivity contribution in [3.05, 3.63) is 33.3 Å². The van der Waals surface area contributed by atoms with Crippen LogP contribution in [0.4, 0.5) is 0 Å². The van der Waals surface area contributed by atoms with E-state index in [2.05, 4.69) is 38.5 Å². The highest BCUT2D eigenvalue weighted by molar-refractivity contribution is 9.10. The van der Waals surface area contributed by atoms with Gasteiger partial charge in [0.1, 0.15) is 0 Å². The molecule has 0 spiro atoms. The summed E-state index contributed by atoms with van der Waals surface area (Å²) in [6, 6.07) is 6.22. The van der Waals surface area contributed by atoms with Crippen molar-refractivity contribution in [1.29, 1.82) is 0 Å². The van der Waals surface area contributed by atoms with Crippen LogP contribution in [-0.2, 0) is 6.42 Å². The number of benzene rings is 1. The van der Waals surface area contributed by atoms with E-state index in [0.29, 0.717) is 12.6 Å². The van der Waals surface area contributed by atoms with Crippen LogP contribution in [0.1, 0.15) is 38.2 Å². The van der Waals surface area contributed by atoms with E-state index in [0.717, 1.165) is 59.7 Å². The summed E-state index contributed by atoms with van der Waals surface area (Å²) in [6.45, 7) is 3.60. The monoisotopic (exact) mass is 401 g/mol. The maximum atomic E-state index is 9.59. The number of nitrogens with zero attached hydrogens (tertiary/aromatic N) is 1. The minimum atomic E-state index is -0.132. The Morgan fingerprint density at radius 1 is 1.35 bits per heavy atom. The molecular weight excluding hydrogens is 378 g/mol. The van der Waals surface area contributed by atoms with E-state index in [-0.39, 0.29) is 6.10 Å². The molecule has 0 unspecified atom stereocenters. The van der Waals surface area contributed by atoms with Crippen molar-refractivity contribution in [1.82, 2.24) is 10.6 Å². The van der Waals surface area contributed by atoms with Gasteiger partial charge in [-0.2, -0.15) is 0 Å². The number of guanidine groups is 1. The van der Waals surface area contributed by atoms with E-state index in [1.165, 1.54) is 0 Å². The lowest BCUT2D eigenvalue weighted by Gasteiger charge is -2.27. The molecule has 0 heterocycles. The molecule has 0 atom stereocenters. The molecule has 2 rings (SSSR count). The van der Waals surface area contributed by atoms with E-state index in [4.69, 9.17) is 11.6 Å². The first-order chi connectivity index (χ1) is 11.1. The first-order valence-electron chi connectivity index (χ1n) is 8.25. The molecule has 0 aliphatic heterocycles. The summed E-state index contributed by atoms with van der Waals surface area (Å²) in [4.78, 5) is 4.66. The maximum Gasteiger partial charge on any atom is 0.191 e. The van der Waals surface area contributed by atoms with E-state index < -0.39 is 0 Å². The van der Waals surface area contributed by atoms with E-state index in [1.807, 2.05) is 18.2 Å². The van der Waals surface area contributed by atoms with E-state index in [1.54, 1.807) is 0 Å². The van der Waals surface area contributed by atoms with Crippen LogP contribution in [0.15, 0.2) is 27.7 Å². The maximum absolute atomic E-state index is 9.59. The number of nitrogens with one attached hydrogen (secondary N) is 2. The zero-order valence-corrected chi connectivity index (χ0v) is 15.8. The number of hydrogen-bond donors (Lipinski definition) is 3. The second-order valence-electron chi connectivity index (χ2n) is 5.90. The summed E-state index contributed by atoms with van der Waals surface area (Å²) in [5, 5.41) is 17.1. The van der Waals surface area contributed by atoms with Crippen molar-refractivity contribution in [3.8, 4) is 0 Å². The van der Waals surface area contributed by atoms with Crippen LogP contribution in [0, 0.1) is 0 Å². The fraction of sp³-hybridized carbons (Fsp3) is 0.588. The van der Waals surface area contributed by atoms with Gasteiger partial charge in [-0.3, -0.25) is 4.99 Å². The van der Waals surface area contributed by atoms with Crippen molar-refractivity contribution >= 4 is 33.5 Å². The Morgan fingerprint density at radius 2 is 2.09 bits per heavy atom. The number of aliphatic hydroxyl groups is 1. The van der Waals surface area contributed by atoms with Gasteiger partial charge in [0, 0.05) is 28.6 Å². The number of hydrogen-bond acceptors (Lipinski definition) is 2. The van der Waals surface area contributed by atoms with Crippen LogP contribution >= 0.6 is 27.5 Å². The highest BCUT2D eigenvalue weighted by atomic mass is 79.9. The minimum absolute atomic E-state index is 0.132. The third kappa shape index (κ3) is 6.32. The Labute approximate surface area is 151 Å². The topological polar surface area (TPSA) is 56.7 Å². The molecule has 0 saturated heterocycles. The molecule has 6 heteroatoms. The highest BCUT2D eigenvalue weighted by Gasteiger charge is 2.19.